The van der Waals surface area contributed by atoms with Crippen molar-refractivity contribution in [2.45, 2.75) is 6.54 Å². The Labute approximate surface area is 131 Å². The first-order valence-electron chi connectivity index (χ1n) is 7.70. The Balaban J connectivity index is 1.70. The van der Waals surface area contributed by atoms with E-state index in [4.69, 9.17) is 10.7 Å². The number of hydrogen-bond donors (Lipinski definition) is 2. The van der Waals surface area contributed by atoms with E-state index in [0.29, 0.717) is 5.69 Å². The summed E-state index contributed by atoms with van der Waals surface area (Å²) in [4.78, 5) is 9.36. The van der Waals surface area contributed by atoms with E-state index in [-0.39, 0.29) is 0 Å². The molecule has 0 atom stereocenters. The minimum atomic E-state index is 0.689. The molecule has 0 radical (unpaired) electrons. The topological polar surface area (TPSA) is 57.4 Å². The van der Waals surface area contributed by atoms with Gasteiger partial charge >= 0.3 is 0 Å². The van der Waals surface area contributed by atoms with E-state index in [1.54, 1.807) is 0 Å². The largest absolute Gasteiger partial charge is 0.396 e. The van der Waals surface area contributed by atoms with Crippen LogP contribution in [0.1, 0.15) is 5.56 Å². The van der Waals surface area contributed by atoms with Gasteiger partial charge in [0.15, 0.2) is 5.82 Å². The van der Waals surface area contributed by atoms with Gasteiger partial charge in [0.05, 0.1) is 5.69 Å². The maximum atomic E-state index is 6.05. The van der Waals surface area contributed by atoms with Crippen LogP contribution < -0.4 is 16.0 Å². The summed E-state index contributed by atoms with van der Waals surface area (Å²) in [5.74, 6) is 1.76. The van der Waals surface area contributed by atoms with E-state index in [9.17, 15) is 0 Å². The zero-order valence-electron chi connectivity index (χ0n) is 13.0. The number of nitrogens with zero attached hydrogens (tertiary/aromatic N) is 3. The fourth-order valence-corrected chi connectivity index (χ4v) is 2.59. The number of rotatable bonds is 4. The molecule has 1 aromatic heterocycles. The fraction of sp³-hybridized carbons (Fsp3) is 0.353. The Kier molecular flexibility index (Phi) is 4.44. The van der Waals surface area contributed by atoms with Crippen LogP contribution in [0.25, 0.3) is 0 Å². The maximum Gasteiger partial charge on any atom is 0.151 e. The summed E-state index contributed by atoms with van der Waals surface area (Å²) in [6.07, 6.45) is 0. The molecule has 1 fully saturated rings. The lowest BCUT2D eigenvalue weighted by atomic mass is 10.2. The van der Waals surface area contributed by atoms with Gasteiger partial charge in [0.1, 0.15) is 5.82 Å². The van der Waals surface area contributed by atoms with Crippen LogP contribution in [0.5, 0.6) is 0 Å². The molecular weight excluding hydrogens is 274 g/mol. The highest BCUT2D eigenvalue weighted by atomic mass is 15.3. The predicted molar refractivity (Wildman–Crippen MR) is 92.1 cm³/mol. The number of benzene rings is 1. The molecule has 3 rings (SSSR count). The van der Waals surface area contributed by atoms with Crippen molar-refractivity contribution in [1.29, 1.82) is 0 Å². The summed E-state index contributed by atoms with van der Waals surface area (Å²) >= 11 is 0. The van der Waals surface area contributed by atoms with Gasteiger partial charge < -0.3 is 20.9 Å². The molecule has 5 nitrogen and oxygen atoms in total. The van der Waals surface area contributed by atoms with E-state index in [2.05, 4.69) is 34.3 Å². The van der Waals surface area contributed by atoms with Crippen LogP contribution in [0, 0.1) is 0 Å². The Morgan fingerprint density at radius 1 is 1.05 bits per heavy atom. The molecule has 1 saturated heterocycles. The molecule has 5 heteroatoms. The molecule has 2 heterocycles. The van der Waals surface area contributed by atoms with Crippen molar-refractivity contribution in [3.05, 3.63) is 48.0 Å². The van der Waals surface area contributed by atoms with Gasteiger partial charge in [0.25, 0.3) is 0 Å². The molecule has 1 aliphatic heterocycles. The second kappa shape index (κ2) is 6.66. The molecule has 0 unspecified atom stereocenters. The first kappa shape index (κ1) is 14.7. The molecule has 1 aromatic carbocycles. The fourth-order valence-electron chi connectivity index (χ4n) is 2.59. The lowest BCUT2D eigenvalue weighted by molar-refractivity contribution is 0.312. The number of pyridine rings is 1. The first-order valence-corrected chi connectivity index (χ1v) is 7.70. The third kappa shape index (κ3) is 3.49. The van der Waals surface area contributed by atoms with Crippen molar-refractivity contribution < 1.29 is 0 Å². The molecule has 22 heavy (non-hydrogen) atoms. The third-order valence-electron chi connectivity index (χ3n) is 4.04. The molecule has 0 saturated carbocycles. The van der Waals surface area contributed by atoms with Crippen molar-refractivity contribution in [1.82, 2.24) is 9.88 Å². The first-order chi connectivity index (χ1) is 10.7. The highest BCUT2D eigenvalue weighted by molar-refractivity contribution is 5.65. The molecule has 2 aromatic rings. The molecular formula is C17H23N5. The van der Waals surface area contributed by atoms with Gasteiger partial charge in [-0.05, 0) is 24.7 Å². The van der Waals surface area contributed by atoms with Gasteiger partial charge in [-0.15, -0.1) is 0 Å². The lowest BCUT2D eigenvalue weighted by Crippen LogP contribution is -2.44. The zero-order chi connectivity index (χ0) is 15.4. The van der Waals surface area contributed by atoms with Crippen LogP contribution in [0.4, 0.5) is 17.3 Å². The smallest absolute Gasteiger partial charge is 0.151 e. The third-order valence-corrected chi connectivity index (χ3v) is 4.04. The number of nitrogens with one attached hydrogen (secondary N) is 1. The van der Waals surface area contributed by atoms with Gasteiger partial charge in [-0.3, -0.25) is 0 Å². The van der Waals surface area contributed by atoms with Crippen LogP contribution in [0.15, 0.2) is 42.5 Å². The Morgan fingerprint density at radius 3 is 2.50 bits per heavy atom. The maximum absolute atomic E-state index is 6.05. The van der Waals surface area contributed by atoms with Crippen LogP contribution in [0.3, 0.4) is 0 Å². The van der Waals surface area contributed by atoms with Crippen molar-refractivity contribution in [3.63, 3.8) is 0 Å². The van der Waals surface area contributed by atoms with Crippen LogP contribution >= 0.6 is 0 Å². The molecule has 0 aliphatic carbocycles. The minimum absolute atomic E-state index is 0.689. The second-order valence-electron chi connectivity index (χ2n) is 5.74. The average molecular weight is 297 g/mol. The number of nitrogens with two attached hydrogens (primary N) is 1. The van der Waals surface area contributed by atoms with Crippen LogP contribution in [-0.2, 0) is 6.54 Å². The van der Waals surface area contributed by atoms with Gasteiger partial charge in [0, 0.05) is 32.7 Å². The highest BCUT2D eigenvalue weighted by Gasteiger charge is 2.16. The zero-order valence-corrected chi connectivity index (χ0v) is 13.0. The molecule has 0 amide bonds. The van der Waals surface area contributed by atoms with Crippen molar-refractivity contribution in [3.8, 4) is 0 Å². The Bertz CT molecular complexity index is 606. The standard InChI is InChI=1S/C17H23N5/c1-21-9-11-22(12-10-21)16-8-7-15(18)17(20-16)19-13-14-5-3-2-4-6-14/h2-8H,9-13,18H2,1H3,(H,19,20). The van der Waals surface area contributed by atoms with Gasteiger partial charge in [0.2, 0.25) is 0 Å². The number of aromatic nitrogens is 1. The molecule has 0 bridgehead atoms. The number of anilines is 3. The summed E-state index contributed by atoms with van der Waals surface area (Å²) in [6, 6.07) is 14.2. The number of hydrogen-bond acceptors (Lipinski definition) is 5. The summed E-state index contributed by atoms with van der Waals surface area (Å²) in [5, 5.41) is 3.34. The number of likely N-dealkylation sites (N-methyl/N-ethyl adjacent to an activating group) is 1. The molecule has 116 valence electrons. The Hall–Kier alpha value is -2.27. The highest BCUT2D eigenvalue weighted by Crippen LogP contribution is 2.22. The van der Waals surface area contributed by atoms with E-state index < -0.39 is 0 Å². The van der Waals surface area contributed by atoms with Gasteiger partial charge in [-0.25, -0.2) is 4.98 Å². The normalized spacial score (nSPS) is 15.8. The van der Waals surface area contributed by atoms with Crippen LogP contribution in [0.2, 0.25) is 0 Å². The molecule has 1 aliphatic rings. The summed E-state index contributed by atoms with van der Waals surface area (Å²) < 4.78 is 0. The summed E-state index contributed by atoms with van der Waals surface area (Å²) in [7, 11) is 2.15. The van der Waals surface area contributed by atoms with Crippen molar-refractivity contribution in [2.24, 2.45) is 0 Å². The summed E-state index contributed by atoms with van der Waals surface area (Å²) in [6.45, 7) is 4.87. The van der Waals surface area contributed by atoms with Gasteiger partial charge in [-0.2, -0.15) is 0 Å². The predicted octanol–water partition coefficient (Wildman–Crippen LogP) is 2.03. The average Bonchev–Trinajstić information content (AvgIpc) is 2.56. The minimum Gasteiger partial charge on any atom is -0.396 e. The van der Waals surface area contributed by atoms with E-state index in [0.717, 1.165) is 44.4 Å². The van der Waals surface area contributed by atoms with Gasteiger partial charge in [-0.1, -0.05) is 30.3 Å². The van der Waals surface area contributed by atoms with Crippen molar-refractivity contribution in [2.75, 3.05) is 49.2 Å². The van der Waals surface area contributed by atoms with E-state index >= 15 is 0 Å². The second-order valence-corrected chi connectivity index (χ2v) is 5.74. The number of piperazine rings is 1. The molecule has 3 N–H and O–H groups in total. The number of nitrogen functional groups attached to an aromatic ring is 1. The van der Waals surface area contributed by atoms with E-state index in [1.165, 1.54) is 5.56 Å². The molecule has 0 spiro atoms. The van der Waals surface area contributed by atoms with Crippen molar-refractivity contribution >= 4 is 17.3 Å². The lowest BCUT2D eigenvalue weighted by Gasteiger charge is -2.33. The monoisotopic (exact) mass is 297 g/mol. The van der Waals surface area contributed by atoms with Crippen LogP contribution in [-0.4, -0.2) is 43.1 Å². The SMILES string of the molecule is CN1CCN(c2ccc(N)c(NCc3ccccc3)n2)CC1. The van der Waals surface area contributed by atoms with E-state index in [1.807, 2.05) is 30.3 Å². The quantitative estimate of drug-likeness (QED) is 0.904. The Morgan fingerprint density at radius 2 is 1.77 bits per heavy atom. The summed E-state index contributed by atoms with van der Waals surface area (Å²) in [5.41, 5.74) is 7.96.